The molecule has 1 saturated carbocycles. The smallest absolute Gasteiger partial charge is 0.322 e. The van der Waals surface area contributed by atoms with Crippen LogP contribution in [0.15, 0.2) is 22.7 Å². The molecule has 21 heavy (non-hydrogen) atoms. The Morgan fingerprint density at radius 2 is 2.19 bits per heavy atom. The molecule has 0 atom stereocenters. The summed E-state index contributed by atoms with van der Waals surface area (Å²) in [6.07, 6.45) is 1.74. The molecule has 1 aliphatic rings. The zero-order valence-corrected chi connectivity index (χ0v) is 12.8. The second kappa shape index (κ2) is 6.59. The normalized spacial score (nSPS) is 13.3. The number of nitrogens with zero attached hydrogens (tertiary/aromatic N) is 2. The molecule has 0 radical (unpaired) electrons. The number of rotatable bonds is 5. The van der Waals surface area contributed by atoms with Crippen molar-refractivity contribution in [2.24, 2.45) is 0 Å². The Labute approximate surface area is 130 Å². The van der Waals surface area contributed by atoms with E-state index < -0.39 is 5.97 Å². The number of carboxylic acid groups (broad SMARTS) is 1. The van der Waals surface area contributed by atoms with Crippen LogP contribution in [0.1, 0.15) is 24.8 Å². The summed E-state index contributed by atoms with van der Waals surface area (Å²) in [5.74, 6) is -0.923. The van der Waals surface area contributed by atoms with Gasteiger partial charge in [-0.2, -0.15) is 5.26 Å². The standard InChI is InChI=1S/C14H14BrN3O3/c15-11-7-9(8-16)1-4-12(11)17-14(21)18(10-2-3-10)6-5-13(19)20/h1,4,7,10H,2-3,5-6H2,(H,17,21)(H,19,20). The number of anilines is 1. The molecule has 0 aliphatic heterocycles. The van der Waals surface area contributed by atoms with Gasteiger partial charge in [0, 0.05) is 17.1 Å². The number of hydrogen-bond acceptors (Lipinski definition) is 3. The molecule has 1 aromatic rings. The monoisotopic (exact) mass is 351 g/mol. The number of carbonyl (C=O) groups is 2. The SMILES string of the molecule is N#Cc1ccc(NC(=O)N(CCC(=O)O)C2CC2)c(Br)c1. The predicted octanol–water partition coefficient (Wildman–Crippen LogP) is 2.79. The highest BCUT2D eigenvalue weighted by molar-refractivity contribution is 9.10. The lowest BCUT2D eigenvalue weighted by Crippen LogP contribution is -2.38. The van der Waals surface area contributed by atoms with E-state index in [4.69, 9.17) is 10.4 Å². The van der Waals surface area contributed by atoms with Gasteiger partial charge in [-0.3, -0.25) is 4.79 Å². The van der Waals surface area contributed by atoms with Crippen LogP contribution in [-0.4, -0.2) is 34.6 Å². The molecule has 1 aliphatic carbocycles. The highest BCUT2D eigenvalue weighted by Gasteiger charge is 2.32. The maximum atomic E-state index is 12.2. The van der Waals surface area contributed by atoms with Crippen molar-refractivity contribution in [3.05, 3.63) is 28.2 Å². The van der Waals surface area contributed by atoms with Crippen LogP contribution in [0.5, 0.6) is 0 Å². The maximum absolute atomic E-state index is 12.2. The first-order valence-electron chi connectivity index (χ1n) is 6.50. The molecule has 0 aromatic heterocycles. The zero-order chi connectivity index (χ0) is 15.4. The van der Waals surface area contributed by atoms with Gasteiger partial charge in [0.2, 0.25) is 0 Å². The first-order chi connectivity index (χ1) is 10.0. The minimum atomic E-state index is -0.923. The summed E-state index contributed by atoms with van der Waals surface area (Å²) in [5.41, 5.74) is 1.05. The van der Waals surface area contributed by atoms with Crippen molar-refractivity contribution in [2.45, 2.75) is 25.3 Å². The van der Waals surface area contributed by atoms with Gasteiger partial charge in [0.15, 0.2) is 0 Å². The van der Waals surface area contributed by atoms with E-state index in [1.54, 1.807) is 23.1 Å². The lowest BCUT2D eigenvalue weighted by atomic mass is 10.2. The molecule has 110 valence electrons. The van der Waals surface area contributed by atoms with E-state index in [1.165, 1.54) is 0 Å². The van der Waals surface area contributed by atoms with Gasteiger partial charge in [-0.05, 0) is 47.0 Å². The number of halogens is 1. The van der Waals surface area contributed by atoms with Crippen molar-refractivity contribution in [1.29, 1.82) is 5.26 Å². The molecule has 0 bridgehead atoms. The van der Waals surface area contributed by atoms with Crippen LogP contribution in [0.2, 0.25) is 0 Å². The Morgan fingerprint density at radius 1 is 1.48 bits per heavy atom. The van der Waals surface area contributed by atoms with Gasteiger partial charge < -0.3 is 15.3 Å². The van der Waals surface area contributed by atoms with Gasteiger partial charge >= 0.3 is 12.0 Å². The summed E-state index contributed by atoms with van der Waals surface area (Å²) in [5, 5.41) is 20.3. The van der Waals surface area contributed by atoms with Gasteiger partial charge in [0.25, 0.3) is 0 Å². The lowest BCUT2D eigenvalue weighted by molar-refractivity contribution is -0.137. The number of nitriles is 1. The Morgan fingerprint density at radius 3 is 2.71 bits per heavy atom. The van der Waals surface area contributed by atoms with Gasteiger partial charge in [0.05, 0.1) is 23.7 Å². The van der Waals surface area contributed by atoms with Crippen LogP contribution in [0.4, 0.5) is 10.5 Å². The van der Waals surface area contributed by atoms with E-state index in [0.29, 0.717) is 15.7 Å². The minimum absolute atomic E-state index is 0.0710. The molecule has 7 heteroatoms. The fourth-order valence-electron chi connectivity index (χ4n) is 1.93. The van der Waals surface area contributed by atoms with Crippen molar-refractivity contribution in [3.63, 3.8) is 0 Å². The summed E-state index contributed by atoms with van der Waals surface area (Å²) in [6.45, 7) is 0.194. The molecule has 1 aromatic carbocycles. The van der Waals surface area contributed by atoms with E-state index in [9.17, 15) is 9.59 Å². The van der Waals surface area contributed by atoms with Crippen LogP contribution < -0.4 is 5.32 Å². The number of aliphatic carboxylic acids is 1. The number of carboxylic acids is 1. The number of carbonyl (C=O) groups excluding carboxylic acids is 1. The average Bonchev–Trinajstić information content (AvgIpc) is 3.25. The third-order valence-electron chi connectivity index (χ3n) is 3.15. The van der Waals surface area contributed by atoms with Crippen molar-refractivity contribution >= 4 is 33.6 Å². The quantitative estimate of drug-likeness (QED) is 0.852. The largest absolute Gasteiger partial charge is 0.481 e. The van der Waals surface area contributed by atoms with Crippen LogP contribution in [0, 0.1) is 11.3 Å². The van der Waals surface area contributed by atoms with Crippen LogP contribution >= 0.6 is 15.9 Å². The van der Waals surface area contributed by atoms with Crippen molar-refractivity contribution in [1.82, 2.24) is 4.90 Å². The van der Waals surface area contributed by atoms with Gasteiger partial charge in [-0.25, -0.2) is 4.79 Å². The molecule has 2 N–H and O–H groups in total. The van der Waals surface area contributed by atoms with E-state index >= 15 is 0 Å². The number of amides is 2. The molecule has 0 spiro atoms. The molecule has 2 amide bonds. The second-order valence-corrected chi connectivity index (χ2v) is 5.66. The van der Waals surface area contributed by atoms with Gasteiger partial charge in [0.1, 0.15) is 0 Å². The molecule has 1 fully saturated rings. The molecular formula is C14H14BrN3O3. The minimum Gasteiger partial charge on any atom is -0.481 e. The lowest BCUT2D eigenvalue weighted by Gasteiger charge is -2.22. The first-order valence-corrected chi connectivity index (χ1v) is 7.29. The van der Waals surface area contributed by atoms with Crippen LogP contribution in [0.25, 0.3) is 0 Å². The van der Waals surface area contributed by atoms with Crippen molar-refractivity contribution in [2.75, 3.05) is 11.9 Å². The Bertz CT molecular complexity index is 608. The predicted molar refractivity (Wildman–Crippen MR) is 79.9 cm³/mol. The number of hydrogen-bond donors (Lipinski definition) is 2. The molecule has 0 heterocycles. The van der Waals surface area contributed by atoms with E-state index in [1.807, 2.05) is 6.07 Å². The Hall–Kier alpha value is -2.07. The van der Waals surface area contributed by atoms with Gasteiger partial charge in [-0.1, -0.05) is 0 Å². The van der Waals surface area contributed by atoms with Crippen LogP contribution in [-0.2, 0) is 4.79 Å². The molecular weight excluding hydrogens is 338 g/mol. The van der Waals surface area contributed by atoms with Crippen molar-refractivity contribution in [3.8, 4) is 6.07 Å². The van der Waals surface area contributed by atoms with Crippen LogP contribution in [0.3, 0.4) is 0 Å². The van der Waals surface area contributed by atoms with Gasteiger partial charge in [-0.15, -0.1) is 0 Å². The Kier molecular flexibility index (Phi) is 4.81. The number of benzene rings is 1. The first kappa shape index (κ1) is 15.3. The summed E-state index contributed by atoms with van der Waals surface area (Å²) >= 11 is 3.30. The van der Waals surface area contributed by atoms with E-state index in [2.05, 4.69) is 21.2 Å². The summed E-state index contributed by atoms with van der Waals surface area (Å²) < 4.78 is 0.615. The van der Waals surface area contributed by atoms with E-state index in [-0.39, 0.29) is 25.0 Å². The van der Waals surface area contributed by atoms with E-state index in [0.717, 1.165) is 12.8 Å². The number of urea groups is 1. The highest BCUT2D eigenvalue weighted by atomic mass is 79.9. The average molecular weight is 352 g/mol. The summed E-state index contributed by atoms with van der Waals surface area (Å²) in [7, 11) is 0. The summed E-state index contributed by atoms with van der Waals surface area (Å²) in [6, 6.07) is 6.70. The molecule has 0 saturated heterocycles. The zero-order valence-electron chi connectivity index (χ0n) is 11.2. The highest BCUT2D eigenvalue weighted by Crippen LogP contribution is 2.29. The summed E-state index contributed by atoms with van der Waals surface area (Å²) in [4.78, 5) is 24.5. The second-order valence-electron chi connectivity index (χ2n) is 4.80. The third kappa shape index (κ3) is 4.20. The molecule has 6 nitrogen and oxygen atoms in total. The number of nitrogens with one attached hydrogen (secondary N) is 1. The van der Waals surface area contributed by atoms with Crippen molar-refractivity contribution < 1.29 is 14.7 Å². The fraction of sp³-hybridized carbons (Fsp3) is 0.357. The fourth-order valence-corrected chi connectivity index (χ4v) is 2.40. The topological polar surface area (TPSA) is 93.4 Å². The third-order valence-corrected chi connectivity index (χ3v) is 3.81. The maximum Gasteiger partial charge on any atom is 0.322 e. The molecule has 2 rings (SSSR count). The Balaban J connectivity index is 2.04. The molecule has 0 unspecified atom stereocenters.